The molecule has 1 aromatic rings. The molecule has 2 rings (SSSR count). The third-order valence-electron chi connectivity index (χ3n) is 2.78. The number of rotatable bonds is 3. The molecule has 1 fully saturated rings. The third kappa shape index (κ3) is 1.43. The quantitative estimate of drug-likeness (QED) is 0.696. The molecule has 1 aromatic heterocycles. The van der Waals surface area contributed by atoms with Crippen molar-refractivity contribution >= 4 is 11.6 Å². The van der Waals surface area contributed by atoms with Crippen molar-refractivity contribution in [1.82, 2.24) is 20.2 Å². The highest BCUT2D eigenvalue weighted by molar-refractivity contribution is 6.16. The summed E-state index contributed by atoms with van der Waals surface area (Å²) < 4.78 is 1.86. The predicted molar refractivity (Wildman–Crippen MR) is 49.4 cm³/mol. The van der Waals surface area contributed by atoms with Crippen molar-refractivity contribution in [2.45, 2.75) is 38.1 Å². The molecule has 0 aliphatic heterocycles. The van der Waals surface area contributed by atoms with Gasteiger partial charge in [-0.2, -0.15) is 0 Å². The molecule has 4 nitrogen and oxygen atoms in total. The number of alkyl halides is 1. The zero-order chi connectivity index (χ0) is 9.47. The molecule has 13 heavy (non-hydrogen) atoms. The lowest BCUT2D eigenvalue weighted by Gasteiger charge is -2.24. The van der Waals surface area contributed by atoms with Crippen LogP contribution in [-0.4, -0.2) is 20.2 Å². The number of aromatic nitrogens is 4. The highest BCUT2D eigenvalue weighted by Crippen LogP contribution is 2.43. The average molecular weight is 201 g/mol. The summed E-state index contributed by atoms with van der Waals surface area (Å²) in [6, 6.07) is 0. The van der Waals surface area contributed by atoms with E-state index >= 15 is 0 Å². The van der Waals surface area contributed by atoms with E-state index in [-0.39, 0.29) is 5.54 Å². The molecular weight excluding hydrogens is 188 g/mol. The topological polar surface area (TPSA) is 43.6 Å². The van der Waals surface area contributed by atoms with Gasteiger partial charge in [0.15, 0.2) is 5.82 Å². The fraction of sp³-hybridized carbons (Fsp3) is 0.875. The van der Waals surface area contributed by atoms with E-state index in [0.717, 1.165) is 5.82 Å². The fourth-order valence-corrected chi connectivity index (χ4v) is 1.87. The van der Waals surface area contributed by atoms with Crippen LogP contribution >= 0.6 is 11.6 Å². The van der Waals surface area contributed by atoms with Crippen LogP contribution in [0.3, 0.4) is 0 Å². The summed E-state index contributed by atoms with van der Waals surface area (Å²) in [6.07, 6.45) is 2.54. The van der Waals surface area contributed by atoms with Crippen molar-refractivity contribution in [2.24, 2.45) is 5.92 Å². The molecule has 1 aliphatic rings. The van der Waals surface area contributed by atoms with E-state index in [0.29, 0.717) is 11.8 Å². The standard InChI is InChI=1S/C8H13ClN4/c1-8(2,6-3-4-6)13-7(5-9)10-11-12-13/h6H,3-5H2,1-2H3. The molecule has 5 heteroatoms. The van der Waals surface area contributed by atoms with Crippen molar-refractivity contribution in [1.29, 1.82) is 0 Å². The third-order valence-corrected chi connectivity index (χ3v) is 3.01. The Bertz CT molecular complexity index is 303. The molecule has 0 aromatic carbocycles. The van der Waals surface area contributed by atoms with Gasteiger partial charge in [-0.05, 0) is 43.0 Å². The van der Waals surface area contributed by atoms with Gasteiger partial charge in [0.05, 0.1) is 11.4 Å². The molecule has 0 unspecified atom stereocenters. The van der Waals surface area contributed by atoms with Gasteiger partial charge in [-0.1, -0.05) is 0 Å². The summed E-state index contributed by atoms with van der Waals surface area (Å²) in [4.78, 5) is 0. The molecule has 0 N–H and O–H groups in total. The molecule has 1 aliphatic carbocycles. The first kappa shape index (κ1) is 8.94. The summed E-state index contributed by atoms with van der Waals surface area (Å²) in [7, 11) is 0. The van der Waals surface area contributed by atoms with Crippen molar-refractivity contribution < 1.29 is 0 Å². The second-order valence-electron chi connectivity index (χ2n) is 4.07. The van der Waals surface area contributed by atoms with Crippen LogP contribution in [0.25, 0.3) is 0 Å². The Balaban J connectivity index is 2.32. The summed E-state index contributed by atoms with van der Waals surface area (Å²) in [6.45, 7) is 4.33. The maximum absolute atomic E-state index is 5.74. The zero-order valence-electron chi connectivity index (χ0n) is 7.87. The highest BCUT2D eigenvalue weighted by atomic mass is 35.5. The molecule has 0 saturated heterocycles. The summed E-state index contributed by atoms with van der Waals surface area (Å²) in [5, 5.41) is 11.5. The molecule has 72 valence electrons. The van der Waals surface area contributed by atoms with Gasteiger partial charge >= 0.3 is 0 Å². The normalized spacial score (nSPS) is 17.8. The largest absolute Gasteiger partial charge is 0.223 e. The van der Waals surface area contributed by atoms with E-state index in [1.165, 1.54) is 12.8 Å². The lowest BCUT2D eigenvalue weighted by molar-refractivity contribution is 0.262. The first-order chi connectivity index (χ1) is 6.16. The van der Waals surface area contributed by atoms with Gasteiger partial charge in [-0.25, -0.2) is 4.68 Å². The summed E-state index contributed by atoms with van der Waals surface area (Å²) >= 11 is 5.74. The van der Waals surface area contributed by atoms with Crippen LogP contribution in [0.5, 0.6) is 0 Å². The molecule has 1 saturated carbocycles. The van der Waals surface area contributed by atoms with Crippen LogP contribution in [-0.2, 0) is 11.4 Å². The minimum absolute atomic E-state index is 0.0216. The van der Waals surface area contributed by atoms with Crippen molar-refractivity contribution in [3.8, 4) is 0 Å². The van der Waals surface area contributed by atoms with Gasteiger partial charge in [0.25, 0.3) is 0 Å². The number of halogens is 1. The van der Waals surface area contributed by atoms with Crippen LogP contribution in [0.1, 0.15) is 32.5 Å². The van der Waals surface area contributed by atoms with Gasteiger partial charge in [0, 0.05) is 0 Å². The molecule has 0 amide bonds. The van der Waals surface area contributed by atoms with E-state index < -0.39 is 0 Å². The number of hydrogen-bond donors (Lipinski definition) is 0. The monoisotopic (exact) mass is 200 g/mol. The van der Waals surface area contributed by atoms with Gasteiger partial charge in [-0.15, -0.1) is 16.7 Å². The lowest BCUT2D eigenvalue weighted by atomic mass is 9.99. The number of nitrogens with zero attached hydrogens (tertiary/aromatic N) is 4. The SMILES string of the molecule is CC(C)(C1CC1)n1nnnc1CCl. The van der Waals surface area contributed by atoms with Gasteiger partial charge in [0.1, 0.15) is 0 Å². The van der Waals surface area contributed by atoms with Crippen LogP contribution in [0.2, 0.25) is 0 Å². The fourth-order valence-electron chi connectivity index (χ4n) is 1.70. The van der Waals surface area contributed by atoms with E-state index in [9.17, 15) is 0 Å². The summed E-state index contributed by atoms with van der Waals surface area (Å²) in [5.41, 5.74) is 0.0216. The Morgan fingerprint density at radius 1 is 1.54 bits per heavy atom. The maximum atomic E-state index is 5.74. The first-order valence-corrected chi connectivity index (χ1v) is 5.03. The maximum Gasteiger partial charge on any atom is 0.166 e. The molecular formula is C8H13ClN4. The minimum atomic E-state index is 0.0216. The van der Waals surface area contributed by atoms with E-state index in [1.54, 1.807) is 0 Å². The molecule has 0 atom stereocenters. The Hall–Kier alpha value is -0.640. The Morgan fingerprint density at radius 2 is 2.23 bits per heavy atom. The Morgan fingerprint density at radius 3 is 2.77 bits per heavy atom. The molecule has 0 bridgehead atoms. The molecule has 1 heterocycles. The van der Waals surface area contributed by atoms with Crippen LogP contribution in [0.15, 0.2) is 0 Å². The predicted octanol–water partition coefficient (Wildman–Crippen LogP) is 1.56. The smallest absolute Gasteiger partial charge is 0.166 e. The van der Waals surface area contributed by atoms with Crippen molar-refractivity contribution in [3.05, 3.63) is 5.82 Å². The van der Waals surface area contributed by atoms with Crippen LogP contribution in [0, 0.1) is 5.92 Å². The average Bonchev–Trinajstić information content (AvgIpc) is 2.84. The van der Waals surface area contributed by atoms with Crippen LogP contribution in [0.4, 0.5) is 0 Å². The molecule has 0 radical (unpaired) electrons. The van der Waals surface area contributed by atoms with E-state index in [4.69, 9.17) is 11.6 Å². The number of hydrogen-bond acceptors (Lipinski definition) is 3. The van der Waals surface area contributed by atoms with Gasteiger partial charge in [-0.3, -0.25) is 0 Å². The lowest BCUT2D eigenvalue weighted by Crippen LogP contribution is -2.31. The first-order valence-electron chi connectivity index (χ1n) is 4.50. The van der Waals surface area contributed by atoms with E-state index in [2.05, 4.69) is 29.4 Å². The van der Waals surface area contributed by atoms with Gasteiger partial charge in [0.2, 0.25) is 0 Å². The highest BCUT2D eigenvalue weighted by Gasteiger charge is 2.41. The Labute approximate surface area is 82.3 Å². The van der Waals surface area contributed by atoms with E-state index in [1.807, 2.05) is 4.68 Å². The van der Waals surface area contributed by atoms with Crippen molar-refractivity contribution in [3.63, 3.8) is 0 Å². The zero-order valence-corrected chi connectivity index (χ0v) is 8.62. The molecule has 0 spiro atoms. The van der Waals surface area contributed by atoms with Crippen molar-refractivity contribution in [2.75, 3.05) is 0 Å². The minimum Gasteiger partial charge on any atom is -0.223 e. The van der Waals surface area contributed by atoms with Crippen LogP contribution < -0.4 is 0 Å². The van der Waals surface area contributed by atoms with Gasteiger partial charge < -0.3 is 0 Å². The Kier molecular flexibility index (Phi) is 2.02. The second-order valence-corrected chi connectivity index (χ2v) is 4.34. The summed E-state index contributed by atoms with van der Waals surface area (Å²) in [5.74, 6) is 1.85. The second kappa shape index (κ2) is 2.94. The number of tetrazole rings is 1.